The smallest absolute Gasteiger partial charge is 0.534 e. The number of amides is 1. The molecule has 1 aromatic carbocycles. The van der Waals surface area contributed by atoms with E-state index in [0.717, 1.165) is 18.4 Å². The van der Waals surface area contributed by atoms with Crippen LogP contribution in [0.2, 0.25) is 0 Å². The summed E-state index contributed by atoms with van der Waals surface area (Å²) in [6, 6.07) is 5.17. The lowest BCUT2D eigenvalue weighted by Crippen LogP contribution is -2.53. The van der Waals surface area contributed by atoms with E-state index in [-0.39, 0.29) is 17.9 Å². The minimum atomic E-state index is -1.24. The third kappa shape index (κ3) is 4.92. The average Bonchev–Trinajstić information content (AvgIpc) is 3.20. The van der Waals surface area contributed by atoms with E-state index >= 15 is 0 Å². The van der Waals surface area contributed by atoms with Gasteiger partial charge in [-0.1, -0.05) is 25.5 Å². The van der Waals surface area contributed by atoms with Crippen molar-refractivity contribution < 1.29 is 24.0 Å². The Balaban J connectivity index is 1.61. The van der Waals surface area contributed by atoms with Crippen LogP contribution in [0.1, 0.15) is 42.1 Å². The van der Waals surface area contributed by atoms with Gasteiger partial charge in [0.25, 0.3) is 0 Å². The SMILES string of the molecule is CCCCOC(=O)c1cccc2c1OB(O)[C@@H](NC(=O)CCn1ccnc1)C2. The van der Waals surface area contributed by atoms with Crippen molar-refractivity contribution in [3.05, 3.63) is 48.0 Å². The van der Waals surface area contributed by atoms with Crippen LogP contribution in [0.4, 0.5) is 0 Å². The topological polar surface area (TPSA) is 103 Å². The number of rotatable bonds is 8. The van der Waals surface area contributed by atoms with Crippen molar-refractivity contribution in [2.45, 2.75) is 45.1 Å². The Morgan fingerprint density at radius 1 is 1.46 bits per heavy atom. The maximum Gasteiger partial charge on any atom is 0.547 e. The zero-order chi connectivity index (χ0) is 19.9. The Hall–Kier alpha value is -2.81. The van der Waals surface area contributed by atoms with Crippen molar-refractivity contribution in [2.75, 3.05) is 6.61 Å². The molecule has 1 atom stereocenters. The molecule has 1 aromatic heterocycles. The van der Waals surface area contributed by atoms with Gasteiger partial charge in [-0.3, -0.25) is 4.79 Å². The van der Waals surface area contributed by atoms with Crippen molar-refractivity contribution in [2.24, 2.45) is 0 Å². The molecule has 3 rings (SSSR count). The summed E-state index contributed by atoms with van der Waals surface area (Å²) in [5.74, 6) is -0.935. The van der Waals surface area contributed by atoms with Crippen LogP contribution in [0.25, 0.3) is 0 Å². The molecule has 2 heterocycles. The molecule has 0 bridgehead atoms. The summed E-state index contributed by atoms with van der Waals surface area (Å²) >= 11 is 0. The van der Waals surface area contributed by atoms with Crippen LogP contribution in [0.3, 0.4) is 0 Å². The van der Waals surface area contributed by atoms with Crippen LogP contribution in [0.15, 0.2) is 36.9 Å². The summed E-state index contributed by atoms with van der Waals surface area (Å²) in [7, 11) is -1.24. The van der Waals surface area contributed by atoms with Crippen molar-refractivity contribution in [1.82, 2.24) is 14.9 Å². The third-order valence-corrected chi connectivity index (χ3v) is 4.57. The van der Waals surface area contributed by atoms with Crippen LogP contribution in [-0.4, -0.2) is 46.1 Å². The van der Waals surface area contributed by atoms with E-state index in [4.69, 9.17) is 9.39 Å². The van der Waals surface area contributed by atoms with Gasteiger partial charge in [-0.15, -0.1) is 0 Å². The molecule has 28 heavy (non-hydrogen) atoms. The highest BCUT2D eigenvalue weighted by atomic mass is 16.5. The van der Waals surface area contributed by atoms with Crippen LogP contribution >= 0.6 is 0 Å². The molecular weight excluding hydrogens is 361 g/mol. The summed E-state index contributed by atoms with van der Waals surface area (Å²) in [6.07, 6.45) is 7.42. The number of carbonyl (C=O) groups is 2. The molecule has 0 aliphatic carbocycles. The monoisotopic (exact) mass is 385 g/mol. The first-order valence-corrected chi connectivity index (χ1v) is 9.47. The predicted molar refractivity (Wildman–Crippen MR) is 103 cm³/mol. The van der Waals surface area contributed by atoms with Gasteiger partial charge in [-0.05, 0) is 24.5 Å². The second-order valence-electron chi connectivity index (χ2n) is 6.72. The van der Waals surface area contributed by atoms with Gasteiger partial charge in [0.2, 0.25) is 5.91 Å². The Labute approximate surface area is 164 Å². The molecule has 0 unspecified atom stereocenters. The molecule has 0 fully saturated rings. The maximum atomic E-state index is 12.3. The Morgan fingerprint density at radius 2 is 2.32 bits per heavy atom. The minimum Gasteiger partial charge on any atom is -0.534 e. The van der Waals surface area contributed by atoms with E-state index in [0.29, 0.717) is 25.3 Å². The highest BCUT2D eigenvalue weighted by Gasteiger charge is 2.37. The fourth-order valence-electron chi connectivity index (χ4n) is 3.02. The largest absolute Gasteiger partial charge is 0.547 e. The van der Waals surface area contributed by atoms with Crippen LogP contribution in [0, 0.1) is 0 Å². The number of esters is 1. The van der Waals surface area contributed by atoms with E-state index in [1.165, 1.54) is 0 Å². The second kappa shape index (κ2) is 9.41. The summed E-state index contributed by atoms with van der Waals surface area (Å²) in [6.45, 7) is 2.86. The molecule has 0 saturated heterocycles. The lowest BCUT2D eigenvalue weighted by Gasteiger charge is -2.29. The average molecular weight is 385 g/mol. The lowest BCUT2D eigenvalue weighted by atomic mass is 9.72. The van der Waals surface area contributed by atoms with E-state index < -0.39 is 19.0 Å². The van der Waals surface area contributed by atoms with E-state index in [2.05, 4.69) is 10.3 Å². The molecule has 148 valence electrons. The van der Waals surface area contributed by atoms with Crippen LogP contribution < -0.4 is 9.97 Å². The number of hydrogen-bond acceptors (Lipinski definition) is 6. The number of imidazole rings is 1. The second-order valence-corrected chi connectivity index (χ2v) is 6.72. The summed E-state index contributed by atoms with van der Waals surface area (Å²) in [5, 5.41) is 13.1. The van der Waals surface area contributed by atoms with Gasteiger partial charge in [0.15, 0.2) is 0 Å². The van der Waals surface area contributed by atoms with Crippen molar-refractivity contribution in [3.63, 3.8) is 0 Å². The normalized spacial score (nSPS) is 15.5. The fraction of sp³-hybridized carbons (Fsp3) is 0.421. The first-order chi connectivity index (χ1) is 13.6. The van der Waals surface area contributed by atoms with Crippen molar-refractivity contribution in [3.8, 4) is 5.75 Å². The molecule has 2 N–H and O–H groups in total. The van der Waals surface area contributed by atoms with Gasteiger partial charge < -0.3 is 24.3 Å². The molecule has 9 heteroatoms. The summed E-state index contributed by atoms with van der Waals surface area (Å²) < 4.78 is 12.6. The molecule has 1 amide bonds. The summed E-state index contributed by atoms with van der Waals surface area (Å²) in [5.41, 5.74) is 1.03. The van der Waals surface area contributed by atoms with Gasteiger partial charge in [-0.25, -0.2) is 9.78 Å². The Kier molecular flexibility index (Phi) is 6.70. The minimum absolute atomic E-state index is 0.195. The lowest BCUT2D eigenvalue weighted by molar-refractivity contribution is -0.121. The highest BCUT2D eigenvalue weighted by molar-refractivity contribution is 6.47. The molecule has 2 aromatic rings. The zero-order valence-electron chi connectivity index (χ0n) is 15.8. The van der Waals surface area contributed by atoms with Crippen LogP contribution in [0.5, 0.6) is 5.75 Å². The van der Waals surface area contributed by atoms with E-state index in [9.17, 15) is 14.6 Å². The number of nitrogens with one attached hydrogen (secondary N) is 1. The number of carbonyl (C=O) groups excluding carboxylic acids is 2. The summed E-state index contributed by atoms with van der Waals surface area (Å²) in [4.78, 5) is 28.4. The molecular formula is C19H24BN3O5. The number of benzene rings is 1. The van der Waals surface area contributed by atoms with E-state index in [1.54, 1.807) is 35.4 Å². The van der Waals surface area contributed by atoms with Crippen molar-refractivity contribution >= 4 is 19.0 Å². The van der Waals surface area contributed by atoms with Gasteiger partial charge >= 0.3 is 13.1 Å². The predicted octanol–water partition coefficient (Wildman–Crippen LogP) is 1.37. The number of para-hydroxylation sites is 1. The first kappa shape index (κ1) is 19.9. The maximum absolute atomic E-state index is 12.3. The number of unbranched alkanes of at least 4 members (excludes halogenated alkanes) is 1. The molecule has 8 nitrogen and oxygen atoms in total. The standard InChI is InChI=1S/C19H24BN3O5/c1-2-3-11-27-19(25)15-6-4-5-14-12-16(20(26)28-18(14)15)22-17(24)7-9-23-10-8-21-13-23/h4-6,8,10,13,16,26H,2-3,7,9,11-12H2,1H3,(H,22,24)/t16-/m0/s1. The molecule has 0 radical (unpaired) electrons. The molecule has 1 aliphatic heterocycles. The van der Waals surface area contributed by atoms with Gasteiger partial charge in [0.05, 0.1) is 18.9 Å². The quantitative estimate of drug-likeness (QED) is 0.404. The molecule has 0 saturated carbocycles. The molecule has 0 spiro atoms. The Morgan fingerprint density at radius 3 is 3.07 bits per heavy atom. The fourth-order valence-corrected chi connectivity index (χ4v) is 3.02. The third-order valence-electron chi connectivity index (χ3n) is 4.57. The van der Waals surface area contributed by atoms with E-state index in [1.807, 2.05) is 13.0 Å². The number of nitrogens with zero attached hydrogens (tertiary/aromatic N) is 2. The molecule has 1 aliphatic rings. The number of ether oxygens (including phenoxy) is 1. The number of aryl methyl sites for hydroxylation is 1. The van der Waals surface area contributed by atoms with Crippen LogP contribution in [-0.2, 0) is 22.5 Å². The number of hydrogen-bond donors (Lipinski definition) is 2. The number of fused-ring (bicyclic) bond motifs is 1. The van der Waals surface area contributed by atoms with Gasteiger partial charge in [0, 0.05) is 25.4 Å². The first-order valence-electron chi connectivity index (χ1n) is 9.47. The van der Waals surface area contributed by atoms with Gasteiger partial charge in [0.1, 0.15) is 11.3 Å². The number of aromatic nitrogens is 2. The van der Waals surface area contributed by atoms with Crippen molar-refractivity contribution in [1.29, 1.82) is 0 Å². The Bertz CT molecular complexity index is 812. The van der Waals surface area contributed by atoms with Gasteiger partial charge in [-0.2, -0.15) is 0 Å². The zero-order valence-corrected chi connectivity index (χ0v) is 15.8. The highest BCUT2D eigenvalue weighted by Crippen LogP contribution is 2.30.